The highest BCUT2D eigenvalue weighted by molar-refractivity contribution is 7.99. The first-order valence-electron chi connectivity index (χ1n) is 9.56. The number of benzene rings is 2. The molecule has 0 bridgehead atoms. The maximum atomic E-state index is 12.3. The number of anilines is 1. The Labute approximate surface area is 184 Å². The molecular weight excluding hydrogens is 416 g/mol. The molecule has 0 saturated heterocycles. The predicted molar refractivity (Wildman–Crippen MR) is 120 cm³/mol. The van der Waals surface area contributed by atoms with Gasteiger partial charge in [-0.1, -0.05) is 23.9 Å². The second-order valence-corrected chi connectivity index (χ2v) is 7.51. The third-order valence-corrected chi connectivity index (χ3v) is 5.22. The summed E-state index contributed by atoms with van der Waals surface area (Å²) in [6, 6.07) is 13.7. The summed E-state index contributed by atoms with van der Waals surface area (Å²) >= 11 is 1.26. The highest BCUT2D eigenvalue weighted by Crippen LogP contribution is 2.26. The van der Waals surface area contributed by atoms with Crippen molar-refractivity contribution in [2.24, 2.45) is 0 Å². The molecule has 0 saturated carbocycles. The summed E-state index contributed by atoms with van der Waals surface area (Å²) in [4.78, 5) is 12.3. The number of allylic oxidation sites excluding steroid dienone is 1. The van der Waals surface area contributed by atoms with Gasteiger partial charge in [0.05, 0.1) is 12.9 Å². The lowest BCUT2D eigenvalue weighted by Crippen LogP contribution is -2.15. The van der Waals surface area contributed by atoms with Crippen molar-refractivity contribution in [1.29, 1.82) is 0 Å². The van der Waals surface area contributed by atoms with Crippen LogP contribution in [0.1, 0.15) is 18.9 Å². The van der Waals surface area contributed by atoms with Crippen molar-refractivity contribution in [2.45, 2.75) is 24.7 Å². The summed E-state index contributed by atoms with van der Waals surface area (Å²) in [6.07, 6.45) is 1.38. The number of thioether (sulfide) groups is 1. The number of carbonyl (C=O) groups is 1. The van der Waals surface area contributed by atoms with Crippen molar-refractivity contribution in [3.8, 4) is 17.2 Å². The second kappa shape index (κ2) is 10.5. The van der Waals surface area contributed by atoms with E-state index in [1.54, 1.807) is 31.4 Å². The SMILES string of the molecule is C=CCn1c(SCC(=O)Nc2cccc(O)c2)nnc1C(C)Oc1ccc(OC)cc1. The summed E-state index contributed by atoms with van der Waals surface area (Å²) in [5.74, 6) is 2.07. The number of rotatable bonds is 10. The Morgan fingerprint density at radius 2 is 2.00 bits per heavy atom. The number of hydrogen-bond donors (Lipinski definition) is 2. The minimum absolute atomic E-state index is 0.0895. The molecule has 0 radical (unpaired) electrons. The zero-order chi connectivity index (χ0) is 22.2. The van der Waals surface area contributed by atoms with Gasteiger partial charge in [-0.2, -0.15) is 0 Å². The Bertz CT molecular complexity index is 1040. The lowest BCUT2D eigenvalue weighted by Gasteiger charge is -2.16. The highest BCUT2D eigenvalue weighted by Gasteiger charge is 2.20. The van der Waals surface area contributed by atoms with E-state index < -0.39 is 0 Å². The van der Waals surface area contributed by atoms with Crippen LogP contribution in [-0.4, -0.2) is 38.6 Å². The summed E-state index contributed by atoms with van der Waals surface area (Å²) < 4.78 is 13.0. The number of amides is 1. The number of aromatic nitrogens is 3. The number of phenolic OH excluding ortho intramolecular Hbond substituents is 1. The molecule has 8 nitrogen and oxygen atoms in total. The van der Waals surface area contributed by atoms with Gasteiger partial charge in [0.2, 0.25) is 5.91 Å². The molecule has 0 aliphatic heterocycles. The third-order valence-electron chi connectivity index (χ3n) is 4.26. The number of nitrogens with one attached hydrogen (secondary N) is 1. The van der Waals surface area contributed by atoms with Gasteiger partial charge >= 0.3 is 0 Å². The number of methoxy groups -OCH3 is 1. The standard InChI is InChI=1S/C22H24N4O4S/c1-4-12-26-21(15(2)30-19-10-8-18(29-3)9-11-19)24-25-22(26)31-14-20(28)23-16-6-5-7-17(27)13-16/h4-11,13,15,27H,1,12,14H2,2-3H3,(H,23,28). The molecular formula is C22H24N4O4S. The van der Waals surface area contributed by atoms with Crippen LogP contribution in [0.2, 0.25) is 0 Å². The van der Waals surface area contributed by atoms with Crippen molar-refractivity contribution in [1.82, 2.24) is 14.8 Å². The van der Waals surface area contributed by atoms with Crippen molar-refractivity contribution < 1.29 is 19.4 Å². The first kappa shape index (κ1) is 22.2. The average Bonchev–Trinajstić information content (AvgIpc) is 3.16. The van der Waals surface area contributed by atoms with Crippen LogP contribution >= 0.6 is 11.8 Å². The summed E-state index contributed by atoms with van der Waals surface area (Å²) in [6.45, 7) is 6.16. The molecule has 3 aromatic rings. The minimum Gasteiger partial charge on any atom is -0.508 e. The van der Waals surface area contributed by atoms with Gasteiger partial charge < -0.3 is 19.9 Å². The van der Waals surface area contributed by atoms with E-state index >= 15 is 0 Å². The quantitative estimate of drug-likeness (QED) is 0.362. The monoisotopic (exact) mass is 440 g/mol. The molecule has 1 atom stereocenters. The molecule has 3 rings (SSSR count). The van der Waals surface area contributed by atoms with Crippen LogP contribution in [-0.2, 0) is 11.3 Å². The van der Waals surface area contributed by atoms with Gasteiger partial charge in [0.15, 0.2) is 17.1 Å². The Kier molecular flexibility index (Phi) is 7.55. The normalized spacial score (nSPS) is 11.5. The van der Waals surface area contributed by atoms with Gasteiger partial charge in [-0.15, -0.1) is 16.8 Å². The molecule has 2 N–H and O–H groups in total. The predicted octanol–water partition coefficient (Wildman–Crippen LogP) is 4.05. The number of carbonyl (C=O) groups excluding carboxylic acids is 1. The maximum Gasteiger partial charge on any atom is 0.234 e. The minimum atomic E-state index is -0.365. The van der Waals surface area contributed by atoms with Crippen molar-refractivity contribution >= 4 is 23.4 Å². The molecule has 0 fully saturated rings. The Hall–Kier alpha value is -3.46. The summed E-state index contributed by atoms with van der Waals surface area (Å²) in [5, 5.41) is 21.3. The molecule has 1 aromatic heterocycles. The first-order chi connectivity index (χ1) is 15.0. The second-order valence-electron chi connectivity index (χ2n) is 6.56. The molecule has 0 spiro atoms. The van der Waals surface area contributed by atoms with Gasteiger partial charge in [-0.25, -0.2) is 0 Å². The topological polar surface area (TPSA) is 98.5 Å². The molecule has 0 aliphatic rings. The van der Waals surface area contributed by atoms with Gasteiger partial charge in [0.1, 0.15) is 17.2 Å². The van der Waals surface area contributed by atoms with Gasteiger partial charge in [0.25, 0.3) is 0 Å². The number of aromatic hydroxyl groups is 1. The van der Waals surface area contributed by atoms with E-state index in [2.05, 4.69) is 22.1 Å². The van der Waals surface area contributed by atoms with E-state index in [1.165, 1.54) is 17.8 Å². The van der Waals surface area contributed by atoms with Crippen LogP contribution in [0.3, 0.4) is 0 Å². The van der Waals surface area contributed by atoms with E-state index in [4.69, 9.17) is 9.47 Å². The molecule has 0 aliphatic carbocycles. The zero-order valence-electron chi connectivity index (χ0n) is 17.3. The third kappa shape index (κ3) is 6.02. The number of phenols is 1. The summed E-state index contributed by atoms with van der Waals surface area (Å²) in [5.41, 5.74) is 0.528. The first-order valence-corrected chi connectivity index (χ1v) is 10.5. The van der Waals surface area contributed by atoms with E-state index in [-0.39, 0.29) is 23.5 Å². The van der Waals surface area contributed by atoms with E-state index in [9.17, 15) is 9.90 Å². The van der Waals surface area contributed by atoms with Crippen LogP contribution in [0.4, 0.5) is 5.69 Å². The van der Waals surface area contributed by atoms with Crippen LogP contribution in [0, 0.1) is 0 Å². The zero-order valence-corrected chi connectivity index (χ0v) is 18.1. The number of nitrogens with zero attached hydrogens (tertiary/aromatic N) is 3. The molecule has 9 heteroatoms. The fourth-order valence-electron chi connectivity index (χ4n) is 2.83. The van der Waals surface area contributed by atoms with E-state index in [0.717, 1.165) is 5.75 Å². The lowest BCUT2D eigenvalue weighted by molar-refractivity contribution is -0.113. The van der Waals surface area contributed by atoms with Crippen molar-refractivity contribution in [3.63, 3.8) is 0 Å². The molecule has 31 heavy (non-hydrogen) atoms. The van der Waals surface area contributed by atoms with Crippen LogP contribution in [0.15, 0.2) is 66.3 Å². The van der Waals surface area contributed by atoms with Gasteiger partial charge in [0, 0.05) is 18.3 Å². The largest absolute Gasteiger partial charge is 0.508 e. The summed E-state index contributed by atoms with van der Waals surface area (Å²) in [7, 11) is 1.61. The van der Waals surface area contributed by atoms with E-state index in [1.807, 2.05) is 35.8 Å². The van der Waals surface area contributed by atoms with Crippen LogP contribution < -0.4 is 14.8 Å². The molecule has 2 aromatic carbocycles. The van der Waals surface area contributed by atoms with E-state index in [0.29, 0.717) is 29.0 Å². The molecule has 162 valence electrons. The lowest BCUT2D eigenvalue weighted by atomic mass is 10.3. The van der Waals surface area contributed by atoms with Crippen LogP contribution in [0.5, 0.6) is 17.2 Å². The van der Waals surface area contributed by atoms with Gasteiger partial charge in [-0.05, 0) is 43.3 Å². The van der Waals surface area contributed by atoms with Crippen molar-refractivity contribution in [3.05, 3.63) is 67.0 Å². The Morgan fingerprint density at radius 3 is 2.68 bits per heavy atom. The number of hydrogen-bond acceptors (Lipinski definition) is 7. The van der Waals surface area contributed by atoms with Gasteiger partial charge in [-0.3, -0.25) is 9.36 Å². The fraction of sp³-hybridized carbons (Fsp3) is 0.227. The maximum absolute atomic E-state index is 12.3. The smallest absolute Gasteiger partial charge is 0.234 e. The molecule has 1 unspecified atom stereocenters. The average molecular weight is 441 g/mol. The Morgan fingerprint density at radius 1 is 1.26 bits per heavy atom. The molecule has 1 heterocycles. The van der Waals surface area contributed by atoms with Crippen LogP contribution in [0.25, 0.3) is 0 Å². The fourth-order valence-corrected chi connectivity index (χ4v) is 3.59. The highest BCUT2D eigenvalue weighted by atomic mass is 32.2. The number of ether oxygens (including phenoxy) is 2. The molecule has 1 amide bonds. The Balaban J connectivity index is 1.65. The van der Waals surface area contributed by atoms with Crippen molar-refractivity contribution in [2.75, 3.05) is 18.2 Å².